The van der Waals surface area contributed by atoms with Crippen molar-refractivity contribution in [2.24, 2.45) is 0 Å². The summed E-state index contributed by atoms with van der Waals surface area (Å²) in [7, 11) is 0. The van der Waals surface area contributed by atoms with Gasteiger partial charge in [-0.15, -0.1) is 0 Å². The van der Waals surface area contributed by atoms with Gasteiger partial charge in [0.1, 0.15) is 5.78 Å². The summed E-state index contributed by atoms with van der Waals surface area (Å²) < 4.78 is 5.01. The van der Waals surface area contributed by atoms with Gasteiger partial charge in [0, 0.05) is 25.9 Å². The molecule has 3 nitrogen and oxygen atoms in total. The molecule has 2 rings (SSSR count). The third-order valence-corrected chi connectivity index (χ3v) is 4.51. The summed E-state index contributed by atoms with van der Waals surface area (Å²) in [4.78, 5) is 11.5. The van der Waals surface area contributed by atoms with Crippen LogP contribution >= 0.6 is 0 Å². The van der Waals surface area contributed by atoms with E-state index in [1.807, 2.05) is 0 Å². The molecule has 3 heteroatoms. The maximum absolute atomic E-state index is 11.5. The van der Waals surface area contributed by atoms with E-state index in [9.17, 15) is 4.79 Å². The molecule has 2 fully saturated rings. The van der Waals surface area contributed by atoms with E-state index in [4.69, 9.17) is 4.74 Å². The predicted molar refractivity (Wildman–Crippen MR) is 93.3 cm³/mol. The summed E-state index contributed by atoms with van der Waals surface area (Å²) in [5, 5.41) is 3.16. The highest BCUT2D eigenvalue weighted by Crippen LogP contribution is 2.15. The summed E-state index contributed by atoms with van der Waals surface area (Å²) in [6.45, 7) is 3.83. The molecule has 1 aliphatic carbocycles. The zero-order valence-electron chi connectivity index (χ0n) is 14.5. The number of ketones is 1. The van der Waals surface area contributed by atoms with Crippen LogP contribution in [0.1, 0.15) is 89.9 Å². The van der Waals surface area contributed by atoms with E-state index in [0.717, 1.165) is 52.0 Å². The second-order valence-electron chi connectivity index (χ2n) is 6.64. The van der Waals surface area contributed by atoms with Gasteiger partial charge in [-0.05, 0) is 12.8 Å². The quantitative estimate of drug-likeness (QED) is 0.708. The third-order valence-electron chi connectivity index (χ3n) is 4.51. The molecule has 1 aliphatic heterocycles. The Morgan fingerprint density at radius 1 is 0.591 bits per heavy atom. The maximum atomic E-state index is 11.5. The van der Waals surface area contributed by atoms with Crippen molar-refractivity contribution < 1.29 is 9.53 Å². The number of carbonyl (C=O) groups excluding carboxylic acids is 1. The lowest BCUT2D eigenvalue weighted by Gasteiger charge is -2.10. The predicted octanol–water partition coefficient (Wildman–Crippen LogP) is 4.64. The number of carbonyl (C=O) groups is 1. The first-order valence-corrected chi connectivity index (χ1v) is 9.70. The number of hydrogen-bond acceptors (Lipinski definition) is 3. The molecule has 2 aliphatic rings. The van der Waals surface area contributed by atoms with Crippen molar-refractivity contribution in [1.82, 2.24) is 5.32 Å². The van der Waals surface area contributed by atoms with Gasteiger partial charge in [0.25, 0.3) is 0 Å². The Morgan fingerprint density at radius 3 is 1.23 bits per heavy atom. The lowest BCUT2D eigenvalue weighted by atomic mass is 10.0. The fourth-order valence-corrected chi connectivity index (χ4v) is 3.05. The minimum Gasteiger partial charge on any atom is -0.379 e. The van der Waals surface area contributed by atoms with Gasteiger partial charge in [-0.3, -0.25) is 4.79 Å². The number of morpholine rings is 1. The normalized spacial score (nSPS) is 23.5. The van der Waals surface area contributed by atoms with E-state index in [-0.39, 0.29) is 0 Å². The molecule has 0 atom stereocenters. The summed E-state index contributed by atoms with van der Waals surface area (Å²) in [5.74, 6) is 0.509. The van der Waals surface area contributed by atoms with Crippen molar-refractivity contribution in [2.45, 2.75) is 89.9 Å². The second-order valence-corrected chi connectivity index (χ2v) is 6.64. The molecular formula is C19H37NO2. The standard InChI is InChI=1S/C15H28O.C4H9NO/c16-15-13-11-9-7-5-3-1-2-4-6-8-10-12-14-15;1-3-6-4-2-5-1/h1-14H2;5H,1-4H2. The van der Waals surface area contributed by atoms with Crippen molar-refractivity contribution in [3.05, 3.63) is 0 Å². The van der Waals surface area contributed by atoms with E-state index in [1.54, 1.807) is 0 Å². The molecule has 0 amide bonds. The monoisotopic (exact) mass is 311 g/mol. The topological polar surface area (TPSA) is 38.3 Å². The van der Waals surface area contributed by atoms with Crippen LogP contribution in [0.2, 0.25) is 0 Å². The van der Waals surface area contributed by atoms with Crippen LogP contribution in [0.15, 0.2) is 0 Å². The van der Waals surface area contributed by atoms with Gasteiger partial charge in [-0.2, -0.15) is 0 Å². The van der Waals surface area contributed by atoms with Crippen molar-refractivity contribution in [3.8, 4) is 0 Å². The third kappa shape index (κ3) is 13.3. The van der Waals surface area contributed by atoms with Crippen LogP contribution < -0.4 is 5.32 Å². The summed E-state index contributed by atoms with van der Waals surface area (Å²) in [6, 6.07) is 0. The average molecular weight is 312 g/mol. The van der Waals surface area contributed by atoms with E-state index < -0.39 is 0 Å². The number of Topliss-reactive ketones (excluding diaryl/α,β-unsaturated/α-hetero) is 1. The highest BCUT2D eigenvalue weighted by atomic mass is 16.5. The van der Waals surface area contributed by atoms with Crippen LogP contribution in [-0.2, 0) is 9.53 Å². The van der Waals surface area contributed by atoms with E-state index in [0.29, 0.717) is 5.78 Å². The number of rotatable bonds is 0. The zero-order valence-corrected chi connectivity index (χ0v) is 14.5. The molecule has 0 spiro atoms. The van der Waals surface area contributed by atoms with Crippen LogP contribution in [0.25, 0.3) is 0 Å². The Balaban J connectivity index is 0.000000335. The largest absolute Gasteiger partial charge is 0.379 e. The van der Waals surface area contributed by atoms with Crippen LogP contribution in [0.4, 0.5) is 0 Å². The maximum Gasteiger partial charge on any atom is 0.132 e. The van der Waals surface area contributed by atoms with Gasteiger partial charge < -0.3 is 10.1 Å². The first-order chi connectivity index (χ1) is 10.9. The first kappa shape index (κ1) is 19.6. The number of nitrogens with one attached hydrogen (secondary N) is 1. The highest BCUT2D eigenvalue weighted by molar-refractivity contribution is 5.78. The van der Waals surface area contributed by atoms with Crippen molar-refractivity contribution in [3.63, 3.8) is 0 Å². The SMILES string of the molecule is C1COCCN1.O=C1CCCCCCCCCCCCCC1. The molecule has 130 valence electrons. The van der Waals surface area contributed by atoms with Crippen LogP contribution in [0.5, 0.6) is 0 Å². The van der Waals surface area contributed by atoms with Gasteiger partial charge in [-0.1, -0.05) is 64.2 Å². The molecule has 1 heterocycles. The lowest BCUT2D eigenvalue weighted by molar-refractivity contribution is -0.119. The molecule has 22 heavy (non-hydrogen) atoms. The Labute approximate surface area is 137 Å². The molecular weight excluding hydrogens is 274 g/mol. The Hall–Kier alpha value is -0.410. The minimum absolute atomic E-state index is 0.509. The minimum atomic E-state index is 0.509. The molecule has 1 saturated carbocycles. The van der Waals surface area contributed by atoms with E-state index >= 15 is 0 Å². The lowest BCUT2D eigenvalue weighted by Crippen LogP contribution is -2.30. The fourth-order valence-electron chi connectivity index (χ4n) is 3.05. The Bertz CT molecular complexity index is 222. The van der Waals surface area contributed by atoms with Crippen molar-refractivity contribution >= 4 is 5.78 Å². The van der Waals surface area contributed by atoms with Gasteiger partial charge in [0.2, 0.25) is 0 Å². The summed E-state index contributed by atoms with van der Waals surface area (Å²) in [6.07, 6.45) is 17.6. The summed E-state index contributed by atoms with van der Waals surface area (Å²) in [5.41, 5.74) is 0. The van der Waals surface area contributed by atoms with Crippen LogP contribution in [0.3, 0.4) is 0 Å². The first-order valence-electron chi connectivity index (χ1n) is 9.70. The van der Waals surface area contributed by atoms with Gasteiger partial charge in [0.15, 0.2) is 0 Å². The molecule has 0 radical (unpaired) electrons. The van der Waals surface area contributed by atoms with Gasteiger partial charge in [-0.25, -0.2) is 0 Å². The number of hydrogen-bond donors (Lipinski definition) is 1. The molecule has 0 unspecified atom stereocenters. The van der Waals surface area contributed by atoms with Crippen LogP contribution in [-0.4, -0.2) is 32.1 Å². The van der Waals surface area contributed by atoms with Gasteiger partial charge >= 0.3 is 0 Å². The summed E-state index contributed by atoms with van der Waals surface area (Å²) >= 11 is 0. The molecule has 1 saturated heterocycles. The molecule has 1 N–H and O–H groups in total. The van der Waals surface area contributed by atoms with E-state index in [2.05, 4.69) is 5.32 Å². The highest BCUT2D eigenvalue weighted by Gasteiger charge is 2.02. The molecule has 0 aromatic heterocycles. The van der Waals surface area contributed by atoms with Gasteiger partial charge in [0.05, 0.1) is 13.2 Å². The Morgan fingerprint density at radius 2 is 0.955 bits per heavy atom. The van der Waals surface area contributed by atoms with E-state index in [1.165, 1.54) is 64.2 Å². The average Bonchev–Trinajstić information content (AvgIpc) is 2.57. The Kier molecular flexibility index (Phi) is 13.8. The fraction of sp³-hybridized carbons (Fsp3) is 0.947. The molecule has 0 bridgehead atoms. The molecule has 0 aromatic carbocycles. The van der Waals surface area contributed by atoms with Crippen LogP contribution in [0, 0.1) is 0 Å². The zero-order chi connectivity index (χ0) is 15.7. The van der Waals surface area contributed by atoms with Crippen molar-refractivity contribution in [2.75, 3.05) is 26.3 Å². The number of ether oxygens (including phenoxy) is 1. The van der Waals surface area contributed by atoms with Crippen molar-refractivity contribution in [1.29, 1.82) is 0 Å². The smallest absolute Gasteiger partial charge is 0.132 e. The second kappa shape index (κ2) is 15.5. The molecule has 0 aromatic rings.